The van der Waals surface area contributed by atoms with Crippen LogP contribution in [0.1, 0.15) is 42.4 Å². The standard InChI is InChI=1S/C16H19NO3/c1-11-9-13-15(20-8-7-19-13)14(12(11)2)16(17-10-18)5-3-4-6-16/h9H,3-8H2,1-2H3. The zero-order valence-electron chi connectivity index (χ0n) is 12.0. The van der Waals surface area contributed by atoms with Crippen molar-refractivity contribution in [2.24, 2.45) is 4.99 Å². The second kappa shape index (κ2) is 4.95. The van der Waals surface area contributed by atoms with Gasteiger partial charge in [0.25, 0.3) is 0 Å². The number of carbonyl (C=O) groups excluding carboxylic acids is 1. The molecule has 3 rings (SSSR count). The van der Waals surface area contributed by atoms with Gasteiger partial charge in [-0.3, -0.25) is 0 Å². The molecule has 1 saturated carbocycles. The number of hydrogen-bond donors (Lipinski definition) is 0. The Balaban J connectivity index is 2.26. The van der Waals surface area contributed by atoms with Gasteiger partial charge in [-0.2, -0.15) is 4.99 Å². The summed E-state index contributed by atoms with van der Waals surface area (Å²) in [6, 6.07) is 2.01. The molecule has 20 heavy (non-hydrogen) atoms. The van der Waals surface area contributed by atoms with Crippen molar-refractivity contribution in [3.05, 3.63) is 22.8 Å². The number of fused-ring (bicyclic) bond motifs is 1. The molecular formula is C16H19NO3. The molecule has 0 spiro atoms. The van der Waals surface area contributed by atoms with Crippen LogP contribution < -0.4 is 9.47 Å². The summed E-state index contributed by atoms with van der Waals surface area (Å²) < 4.78 is 11.6. The first-order valence-corrected chi connectivity index (χ1v) is 7.17. The molecule has 1 aliphatic carbocycles. The lowest BCUT2D eigenvalue weighted by molar-refractivity contribution is 0.166. The van der Waals surface area contributed by atoms with Crippen LogP contribution in [0.4, 0.5) is 0 Å². The minimum Gasteiger partial charge on any atom is -0.486 e. The predicted molar refractivity (Wildman–Crippen MR) is 75.2 cm³/mol. The average Bonchev–Trinajstić information content (AvgIpc) is 2.90. The van der Waals surface area contributed by atoms with Crippen LogP contribution in [0, 0.1) is 13.8 Å². The lowest BCUT2D eigenvalue weighted by Crippen LogP contribution is -2.25. The summed E-state index contributed by atoms with van der Waals surface area (Å²) in [5, 5.41) is 0. The minimum atomic E-state index is -0.470. The summed E-state index contributed by atoms with van der Waals surface area (Å²) in [4.78, 5) is 15.1. The molecular weight excluding hydrogens is 254 g/mol. The third kappa shape index (κ3) is 1.92. The number of aryl methyl sites for hydroxylation is 1. The first-order chi connectivity index (χ1) is 9.68. The molecule has 4 heteroatoms. The number of aliphatic imine (C=N–C) groups is 1. The summed E-state index contributed by atoms with van der Waals surface area (Å²) in [5.74, 6) is 1.56. The van der Waals surface area contributed by atoms with Gasteiger partial charge in [-0.05, 0) is 43.9 Å². The van der Waals surface area contributed by atoms with Gasteiger partial charge in [-0.1, -0.05) is 12.8 Å². The quantitative estimate of drug-likeness (QED) is 0.614. The van der Waals surface area contributed by atoms with Gasteiger partial charge < -0.3 is 9.47 Å². The van der Waals surface area contributed by atoms with Crippen LogP contribution in [0.2, 0.25) is 0 Å². The molecule has 1 heterocycles. The molecule has 2 aliphatic rings. The summed E-state index contributed by atoms with van der Waals surface area (Å²) in [5.41, 5.74) is 2.86. The highest BCUT2D eigenvalue weighted by Crippen LogP contribution is 2.51. The van der Waals surface area contributed by atoms with E-state index in [0.29, 0.717) is 13.2 Å². The normalized spacial score (nSPS) is 19.5. The molecule has 0 saturated heterocycles. The highest BCUT2D eigenvalue weighted by atomic mass is 16.6. The summed E-state index contributed by atoms with van der Waals surface area (Å²) in [6.07, 6.45) is 5.69. The Bertz CT molecular complexity index is 582. The van der Waals surface area contributed by atoms with Gasteiger partial charge in [0.2, 0.25) is 6.08 Å². The Morgan fingerprint density at radius 3 is 2.60 bits per heavy atom. The molecule has 0 amide bonds. The maximum atomic E-state index is 10.9. The number of nitrogens with zero attached hydrogens (tertiary/aromatic N) is 1. The van der Waals surface area contributed by atoms with Crippen LogP contribution in [0.15, 0.2) is 11.1 Å². The number of rotatable bonds is 2. The molecule has 0 radical (unpaired) electrons. The van der Waals surface area contributed by atoms with E-state index in [1.54, 1.807) is 6.08 Å². The number of isocyanates is 1. The highest BCUT2D eigenvalue weighted by Gasteiger charge is 2.41. The van der Waals surface area contributed by atoms with E-state index in [4.69, 9.17) is 9.47 Å². The minimum absolute atomic E-state index is 0.470. The van der Waals surface area contributed by atoms with Crippen molar-refractivity contribution in [3.8, 4) is 11.5 Å². The molecule has 106 valence electrons. The van der Waals surface area contributed by atoms with Gasteiger partial charge in [0.1, 0.15) is 18.8 Å². The number of benzene rings is 1. The molecule has 0 bridgehead atoms. The second-order valence-electron chi connectivity index (χ2n) is 5.66. The molecule has 4 nitrogen and oxygen atoms in total. The fourth-order valence-corrected chi connectivity index (χ4v) is 3.43. The van der Waals surface area contributed by atoms with Gasteiger partial charge in [0, 0.05) is 5.56 Å². The van der Waals surface area contributed by atoms with E-state index < -0.39 is 5.54 Å². The van der Waals surface area contributed by atoms with Crippen molar-refractivity contribution in [2.75, 3.05) is 13.2 Å². The lowest BCUT2D eigenvalue weighted by Gasteiger charge is -2.31. The van der Waals surface area contributed by atoms with Crippen molar-refractivity contribution in [1.82, 2.24) is 0 Å². The Morgan fingerprint density at radius 2 is 1.90 bits per heavy atom. The Hall–Kier alpha value is -1.80. The van der Waals surface area contributed by atoms with E-state index in [9.17, 15) is 4.79 Å². The van der Waals surface area contributed by atoms with Crippen molar-refractivity contribution >= 4 is 6.08 Å². The largest absolute Gasteiger partial charge is 0.486 e. The van der Waals surface area contributed by atoms with Crippen LogP contribution in [0.5, 0.6) is 11.5 Å². The molecule has 1 aliphatic heterocycles. The predicted octanol–water partition coefficient (Wildman–Crippen LogP) is 3.18. The van der Waals surface area contributed by atoms with Crippen LogP contribution >= 0.6 is 0 Å². The third-order valence-corrected chi connectivity index (χ3v) is 4.51. The average molecular weight is 273 g/mol. The molecule has 0 aromatic heterocycles. The van der Waals surface area contributed by atoms with Gasteiger partial charge in [0.05, 0.1) is 0 Å². The highest BCUT2D eigenvalue weighted by molar-refractivity contribution is 5.58. The van der Waals surface area contributed by atoms with Crippen LogP contribution in [-0.4, -0.2) is 19.3 Å². The number of hydrogen-bond acceptors (Lipinski definition) is 4. The Labute approximate surface area is 118 Å². The second-order valence-corrected chi connectivity index (χ2v) is 5.66. The first-order valence-electron chi connectivity index (χ1n) is 7.17. The lowest BCUT2D eigenvalue weighted by atomic mass is 9.83. The van der Waals surface area contributed by atoms with Gasteiger partial charge in [-0.15, -0.1) is 0 Å². The summed E-state index contributed by atoms with van der Waals surface area (Å²) in [7, 11) is 0. The maximum Gasteiger partial charge on any atom is 0.235 e. The molecule has 0 atom stereocenters. The van der Waals surface area contributed by atoms with Crippen molar-refractivity contribution in [3.63, 3.8) is 0 Å². The SMILES string of the molecule is Cc1cc2c(c(C3(N=C=O)CCCC3)c1C)OCCO2. The first kappa shape index (κ1) is 13.2. The van der Waals surface area contributed by atoms with Gasteiger partial charge in [-0.25, -0.2) is 4.79 Å². The number of ether oxygens (including phenoxy) is 2. The molecule has 0 N–H and O–H groups in total. The smallest absolute Gasteiger partial charge is 0.235 e. The van der Waals surface area contributed by atoms with Gasteiger partial charge >= 0.3 is 0 Å². The van der Waals surface area contributed by atoms with E-state index in [-0.39, 0.29) is 0 Å². The van der Waals surface area contributed by atoms with E-state index in [2.05, 4.69) is 18.8 Å². The van der Waals surface area contributed by atoms with Crippen molar-refractivity contribution in [2.45, 2.75) is 45.1 Å². The van der Waals surface area contributed by atoms with Crippen LogP contribution in [0.25, 0.3) is 0 Å². The topological polar surface area (TPSA) is 47.9 Å². The van der Waals surface area contributed by atoms with Crippen LogP contribution in [-0.2, 0) is 10.3 Å². The summed E-state index contributed by atoms with van der Waals surface area (Å²) in [6.45, 7) is 5.25. The van der Waals surface area contributed by atoms with Crippen LogP contribution in [0.3, 0.4) is 0 Å². The fourth-order valence-electron chi connectivity index (χ4n) is 3.43. The van der Waals surface area contributed by atoms with E-state index in [1.165, 1.54) is 0 Å². The zero-order chi connectivity index (χ0) is 14.2. The molecule has 0 unspecified atom stereocenters. The van der Waals surface area contributed by atoms with E-state index in [0.717, 1.165) is 53.9 Å². The molecule has 1 aromatic rings. The Morgan fingerprint density at radius 1 is 1.20 bits per heavy atom. The zero-order valence-corrected chi connectivity index (χ0v) is 12.0. The van der Waals surface area contributed by atoms with Gasteiger partial charge in [0.15, 0.2) is 11.5 Å². The fraction of sp³-hybridized carbons (Fsp3) is 0.562. The van der Waals surface area contributed by atoms with Crippen molar-refractivity contribution < 1.29 is 14.3 Å². The third-order valence-electron chi connectivity index (χ3n) is 4.51. The van der Waals surface area contributed by atoms with E-state index in [1.807, 2.05) is 6.07 Å². The molecule has 1 fully saturated rings. The Kier molecular flexibility index (Phi) is 3.27. The monoisotopic (exact) mass is 273 g/mol. The van der Waals surface area contributed by atoms with E-state index >= 15 is 0 Å². The van der Waals surface area contributed by atoms with Crippen molar-refractivity contribution in [1.29, 1.82) is 0 Å². The molecule has 1 aromatic carbocycles. The summed E-state index contributed by atoms with van der Waals surface area (Å²) >= 11 is 0. The maximum absolute atomic E-state index is 10.9.